The molecule has 1 rings (SSSR count). The fourth-order valence-electron chi connectivity index (χ4n) is 2.90. The Morgan fingerprint density at radius 2 is 2.08 bits per heavy atom. The molecule has 24 heavy (non-hydrogen) atoms. The third kappa shape index (κ3) is 5.79. The molecule has 1 heterocycles. The van der Waals surface area contributed by atoms with Gasteiger partial charge in [-0.2, -0.15) is 0 Å². The fraction of sp³-hybridized carbons (Fsp3) is 0.765. The minimum absolute atomic E-state index is 0.0989. The van der Waals surface area contributed by atoms with Gasteiger partial charge < -0.3 is 24.3 Å². The fourth-order valence-corrected chi connectivity index (χ4v) is 2.90. The van der Waals surface area contributed by atoms with Crippen molar-refractivity contribution in [2.75, 3.05) is 33.6 Å². The maximum absolute atomic E-state index is 12.7. The smallest absolute Gasteiger partial charge is 0.322 e. The molecule has 2 unspecified atom stereocenters. The summed E-state index contributed by atoms with van der Waals surface area (Å²) in [6.45, 7) is 7.20. The van der Waals surface area contributed by atoms with Crippen molar-refractivity contribution in [2.24, 2.45) is 0 Å². The molecule has 1 saturated heterocycles. The highest BCUT2D eigenvalue weighted by Crippen LogP contribution is 2.26. The summed E-state index contributed by atoms with van der Waals surface area (Å²) in [5, 5.41) is 9.21. The lowest BCUT2D eigenvalue weighted by Crippen LogP contribution is -2.42. The Bertz CT molecular complexity index is 416. The number of methoxy groups -OCH3 is 1. The number of aliphatic hydroxyl groups excluding tert-OH is 1. The van der Waals surface area contributed by atoms with Crippen molar-refractivity contribution in [1.82, 2.24) is 9.80 Å². The molecule has 138 valence electrons. The van der Waals surface area contributed by atoms with E-state index in [2.05, 4.69) is 13.5 Å². The molecule has 0 bridgehead atoms. The summed E-state index contributed by atoms with van der Waals surface area (Å²) in [4.78, 5) is 27.1. The first-order chi connectivity index (χ1) is 11.6. The monoisotopic (exact) mass is 342 g/mol. The van der Waals surface area contributed by atoms with Crippen molar-refractivity contribution in [3.8, 4) is 0 Å². The standard InChI is InChI=1S/C17H30N2O5/c1-4-5-11-24-12-16-15(8-10-20)18(9-6-7-14(2)21)17(22)19(16)13-23-3/h10,15-16,21H,2,4-9,11-13H2,1,3H3. The third-order valence-electron chi connectivity index (χ3n) is 4.14. The molecule has 0 saturated carbocycles. The Kier molecular flexibility index (Phi) is 9.41. The van der Waals surface area contributed by atoms with Crippen molar-refractivity contribution >= 4 is 12.3 Å². The van der Waals surface area contributed by atoms with E-state index in [0.29, 0.717) is 32.6 Å². The van der Waals surface area contributed by atoms with E-state index in [1.807, 2.05) is 0 Å². The first-order valence-electron chi connectivity index (χ1n) is 8.51. The summed E-state index contributed by atoms with van der Waals surface area (Å²) >= 11 is 0. The van der Waals surface area contributed by atoms with Gasteiger partial charge in [0, 0.05) is 33.1 Å². The normalized spacial score (nSPS) is 20.7. The van der Waals surface area contributed by atoms with Gasteiger partial charge in [-0.05, 0) is 12.8 Å². The molecule has 1 aliphatic rings. The zero-order valence-corrected chi connectivity index (χ0v) is 14.8. The number of hydrogen-bond acceptors (Lipinski definition) is 5. The molecule has 7 heteroatoms. The predicted octanol–water partition coefficient (Wildman–Crippen LogP) is 2.32. The number of aliphatic hydroxyl groups is 1. The minimum atomic E-state index is -0.237. The molecule has 0 radical (unpaired) electrons. The van der Waals surface area contributed by atoms with Crippen LogP contribution in [0.4, 0.5) is 4.79 Å². The predicted molar refractivity (Wildman–Crippen MR) is 90.8 cm³/mol. The molecule has 2 amide bonds. The van der Waals surface area contributed by atoms with Gasteiger partial charge in [0.05, 0.1) is 24.4 Å². The summed E-state index contributed by atoms with van der Waals surface area (Å²) < 4.78 is 10.9. The van der Waals surface area contributed by atoms with Crippen molar-refractivity contribution in [2.45, 2.75) is 51.1 Å². The molecule has 1 fully saturated rings. The Labute approximate surface area is 144 Å². The van der Waals surface area contributed by atoms with Gasteiger partial charge in [-0.1, -0.05) is 19.9 Å². The summed E-state index contributed by atoms with van der Waals surface area (Å²) in [5.41, 5.74) is 0. The molecule has 0 aromatic rings. The van der Waals surface area contributed by atoms with E-state index in [-0.39, 0.29) is 37.0 Å². The Morgan fingerprint density at radius 1 is 1.33 bits per heavy atom. The molecular weight excluding hydrogens is 312 g/mol. The van der Waals surface area contributed by atoms with Gasteiger partial charge >= 0.3 is 6.03 Å². The van der Waals surface area contributed by atoms with Gasteiger partial charge in [0.2, 0.25) is 0 Å². The second-order valence-corrected chi connectivity index (χ2v) is 6.00. The molecule has 1 aliphatic heterocycles. The molecule has 0 spiro atoms. The van der Waals surface area contributed by atoms with Gasteiger partial charge in [0.25, 0.3) is 0 Å². The minimum Gasteiger partial charge on any atom is -0.513 e. The number of hydrogen-bond donors (Lipinski definition) is 1. The number of nitrogens with zero attached hydrogens (tertiary/aromatic N) is 2. The highest BCUT2D eigenvalue weighted by Gasteiger charge is 2.45. The number of carbonyl (C=O) groups excluding carboxylic acids is 2. The zero-order valence-electron chi connectivity index (χ0n) is 14.8. The van der Waals surface area contributed by atoms with Gasteiger partial charge in [0.1, 0.15) is 13.0 Å². The second-order valence-electron chi connectivity index (χ2n) is 6.00. The lowest BCUT2D eigenvalue weighted by atomic mass is 10.1. The van der Waals surface area contributed by atoms with Crippen LogP contribution in [-0.4, -0.2) is 72.9 Å². The van der Waals surface area contributed by atoms with E-state index in [4.69, 9.17) is 9.47 Å². The van der Waals surface area contributed by atoms with E-state index >= 15 is 0 Å². The van der Waals surface area contributed by atoms with Crippen LogP contribution < -0.4 is 0 Å². The quantitative estimate of drug-likeness (QED) is 0.316. The average Bonchev–Trinajstić information content (AvgIpc) is 2.78. The van der Waals surface area contributed by atoms with Crippen LogP contribution in [-0.2, 0) is 14.3 Å². The molecular formula is C17H30N2O5. The highest BCUT2D eigenvalue weighted by molar-refractivity contribution is 5.78. The summed E-state index contributed by atoms with van der Waals surface area (Å²) in [7, 11) is 1.54. The number of aldehydes is 1. The largest absolute Gasteiger partial charge is 0.513 e. The van der Waals surface area contributed by atoms with Gasteiger partial charge in [-0.15, -0.1) is 0 Å². The van der Waals surface area contributed by atoms with E-state index in [9.17, 15) is 14.7 Å². The van der Waals surface area contributed by atoms with Gasteiger partial charge in [-0.3, -0.25) is 4.90 Å². The Balaban J connectivity index is 2.79. The van der Waals surface area contributed by atoms with E-state index in [1.165, 1.54) is 7.11 Å². The summed E-state index contributed by atoms with van der Waals surface area (Å²) in [5.74, 6) is 0.0989. The number of amides is 2. The Morgan fingerprint density at radius 3 is 2.67 bits per heavy atom. The first kappa shape index (κ1) is 20.4. The molecule has 7 nitrogen and oxygen atoms in total. The van der Waals surface area contributed by atoms with Crippen LogP contribution in [0, 0.1) is 0 Å². The van der Waals surface area contributed by atoms with Crippen LogP contribution in [0.1, 0.15) is 39.0 Å². The van der Waals surface area contributed by atoms with Crippen LogP contribution in [0.25, 0.3) is 0 Å². The van der Waals surface area contributed by atoms with Gasteiger partial charge in [-0.25, -0.2) is 4.79 Å². The molecule has 0 aliphatic carbocycles. The third-order valence-corrected chi connectivity index (χ3v) is 4.14. The summed E-state index contributed by atoms with van der Waals surface area (Å²) in [6, 6.07) is -0.605. The van der Waals surface area contributed by atoms with Crippen molar-refractivity contribution in [3.63, 3.8) is 0 Å². The molecule has 0 aromatic heterocycles. The van der Waals surface area contributed by atoms with E-state index in [0.717, 1.165) is 19.1 Å². The van der Waals surface area contributed by atoms with Crippen LogP contribution in [0.15, 0.2) is 12.3 Å². The van der Waals surface area contributed by atoms with Crippen LogP contribution >= 0.6 is 0 Å². The van der Waals surface area contributed by atoms with Crippen molar-refractivity contribution in [1.29, 1.82) is 0 Å². The second kappa shape index (κ2) is 11.0. The van der Waals surface area contributed by atoms with E-state index in [1.54, 1.807) is 9.80 Å². The van der Waals surface area contributed by atoms with Crippen LogP contribution in [0.5, 0.6) is 0 Å². The van der Waals surface area contributed by atoms with Crippen molar-refractivity contribution in [3.05, 3.63) is 12.3 Å². The van der Waals surface area contributed by atoms with Gasteiger partial charge in [0.15, 0.2) is 0 Å². The van der Waals surface area contributed by atoms with Crippen molar-refractivity contribution < 1.29 is 24.2 Å². The number of unbranched alkanes of at least 4 members (excludes halogenated alkanes) is 1. The molecule has 0 aromatic carbocycles. The Hall–Kier alpha value is -1.60. The van der Waals surface area contributed by atoms with E-state index < -0.39 is 0 Å². The topological polar surface area (TPSA) is 79.3 Å². The average molecular weight is 342 g/mol. The number of urea groups is 1. The SMILES string of the molecule is C=C(O)CCCN1C(=O)N(COC)C(COCCCC)C1CC=O. The first-order valence-corrected chi connectivity index (χ1v) is 8.51. The zero-order chi connectivity index (χ0) is 17.9. The number of rotatable bonds is 13. The summed E-state index contributed by atoms with van der Waals surface area (Å²) in [6.07, 6.45) is 4.13. The highest BCUT2D eigenvalue weighted by atomic mass is 16.5. The number of carbonyl (C=O) groups is 2. The molecule has 2 atom stereocenters. The number of ether oxygens (including phenoxy) is 2. The lowest BCUT2D eigenvalue weighted by molar-refractivity contribution is -0.109. The maximum atomic E-state index is 12.7. The maximum Gasteiger partial charge on any atom is 0.322 e. The number of allylic oxidation sites excluding steroid dienone is 1. The molecule has 1 N–H and O–H groups in total. The lowest BCUT2D eigenvalue weighted by Gasteiger charge is -2.26. The van der Waals surface area contributed by atoms with Crippen LogP contribution in [0.2, 0.25) is 0 Å². The van der Waals surface area contributed by atoms with Crippen LogP contribution in [0.3, 0.4) is 0 Å².